The Morgan fingerprint density at radius 3 is 2.90 bits per heavy atom. The molecule has 1 aromatic carbocycles. The molecule has 0 spiro atoms. The van der Waals surface area contributed by atoms with Gasteiger partial charge in [0, 0.05) is 25.5 Å². The highest BCUT2D eigenvalue weighted by Gasteiger charge is 2.06. The third kappa shape index (κ3) is 2.72. The van der Waals surface area contributed by atoms with Crippen LogP contribution in [0, 0.1) is 5.82 Å². The Morgan fingerprint density at radius 1 is 1.20 bits per heavy atom. The maximum atomic E-state index is 13.5. The Kier molecular flexibility index (Phi) is 3.78. The number of imidazole rings is 1. The molecule has 0 bridgehead atoms. The van der Waals surface area contributed by atoms with E-state index in [0.29, 0.717) is 12.2 Å². The minimum Gasteiger partial charge on any atom is -0.381 e. The number of aromatic nitrogens is 2. The van der Waals surface area contributed by atoms with Gasteiger partial charge in [0.2, 0.25) is 0 Å². The predicted octanol–water partition coefficient (Wildman–Crippen LogP) is 3.86. The number of nitrogens with zero attached hydrogens (tertiary/aromatic N) is 2. The molecule has 5 heteroatoms. The number of para-hydroxylation sites is 1. The van der Waals surface area contributed by atoms with Crippen molar-refractivity contribution in [2.45, 2.75) is 6.54 Å². The van der Waals surface area contributed by atoms with Gasteiger partial charge in [0.25, 0.3) is 0 Å². The van der Waals surface area contributed by atoms with Gasteiger partial charge in [0.1, 0.15) is 11.6 Å². The highest BCUT2D eigenvalue weighted by Crippen LogP contribution is 2.22. The lowest BCUT2D eigenvalue weighted by Crippen LogP contribution is -2.11. The molecule has 102 valence electrons. The van der Waals surface area contributed by atoms with E-state index >= 15 is 0 Å². The molecule has 20 heavy (non-hydrogen) atoms. The summed E-state index contributed by atoms with van der Waals surface area (Å²) >= 11 is 1.66. The second-order valence-electron chi connectivity index (χ2n) is 4.33. The van der Waals surface area contributed by atoms with Crippen molar-refractivity contribution in [3.05, 3.63) is 60.0 Å². The molecule has 0 aliphatic rings. The van der Waals surface area contributed by atoms with Gasteiger partial charge >= 0.3 is 0 Å². The average molecular weight is 287 g/mol. The number of rotatable bonds is 5. The standard InChI is InChI=1S/C15H14FN3S/c16-12-4-1-2-5-13(12)17-7-9-19-10-8-18-15(19)14-6-3-11-20-14/h1-6,8,10-11,17H,7,9H2. The van der Waals surface area contributed by atoms with E-state index in [0.717, 1.165) is 17.2 Å². The van der Waals surface area contributed by atoms with Crippen molar-refractivity contribution in [1.29, 1.82) is 0 Å². The Balaban J connectivity index is 1.65. The van der Waals surface area contributed by atoms with Crippen LogP contribution in [-0.4, -0.2) is 16.1 Å². The molecule has 0 radical (unpaired) electrons. The van der Waals surface area contributed by atoms with Gasteiger partial charge in [-0.15, -0.1) is 11.3 Å². The first-order valence-electron chi connectivity index (χ1n) is 6.38. The van der Waals surface area contributed by atoms with Gasteiger partial charge in [0.15, 0.2) is 0 Å². The molecule has 0 amide bonds. The van der Waals surface area contributed by atoms with Crippen LogP contribution in [0.1, 0.15) is 0 Å². The summed E-state index contributed by atoms with van der Waals surface area (Å²) in [6, 6.07) is 10.8. The van der Waals surface area contributed by atoms with Crippen molar-refractivity contribution < 1.29 is 4.39 Å². The lowest BCUT2D eigenvalue weighted by molar-refractivity contribution is 0.628. The molecule has 0 aliphatic carbocycles. The van der Waals surface area contributed by atoms with E-state index in [-0.39, 0.29) is 5.82 Å². The maximum absolute atomic E-state index is 13.5. The average Bonchev–Trinajstić information content (AvgIpc) is 3.11. The fraction of sp³-hybridized carbons (Fsp3) is 0.133. The van der Waals surface area contributed by atoms with E-state index in [1.807, 2.05) is 29.8 Å². The van der Waals surface area contributed by atoms with Gasteiger partial charge < -0.3 is 9.88 Å². The summed E-state index contributed by atoms with van der Waals surface area (Å²) in [5.74, 6) is 0.729. The van der Waals surface area contributed by atoms with Gasteiger partial charge in [0.05, 0.1) is 10.6 Å². The maximum Gasteiger partial charge on any atom is 0.150 e. The smallest absolute Gasteiger partial charge is 0.150 e. The first-order valence-corrected chi connectivity index (χ1v) is 7.26. The van der Waals surface area contributed by atoms with Crippen molar-refractivity contribution in [3.63, 3.8) is 0 Å². The minimum absolute atomic E-state index is 0.225. The zero-order chi connectivity index (χ0) is 13.8. The first-order chi connectivity index (χ1) is 9.84. The Morgan fingerprint density at radius 2 is 2.10 bits per heavy atom. The van der Waals surface area contributed by atoms with Crippen LogP contribution < -0.4 is 5.32 Å². The van der Waals surface area contributed by atoms with Gasteiger partial charge in [-0.05, 0) is 23.6 Å². The van der Waals surface area contributed by atoms with E-state index in [1.54, 1.807) is 29.7 Å². The van der Waals surface area contributed by atoms with Crippen LogP contribution in [0.3, 0.4) is 0 Å². The van der Waals surface area contributed by atoms with Crippen molar-refractivity contribution in [2.75, 3.05) is 11.9 Å². The van der Waals surface area contributed by atoms with Crippen LogP contribution in [0.15, 0.2) is 54.2 Å². The molecule has 0 aliphatic heterocycles. The molecule has 0 fully saturated rings. The van der Waals surface area contributed by atoms with Crippen LogP contribution in [-0.2, 0) is 6.54 Å². The summed E-state index contributed by atoms with van der Waals surface area (Å²) in [7, 11) is 0. The predicted molar refractivity (Wildman–Crippen MR) is 80.4 cm³/mol. The fourth-order valence-corrected chi connectivity index (χ4v) is 2.77. The third-order valence-corrected chi connectivity index (χ3v) is 3.86. The van der Waals surface area contributed by atoms with Crippen LogP contribution in [0.2, 0.25) is 0 Å². The van der Waals surface area contributed by atoms with Gasteiger partial charge in [-0.2, -0.15) is 0 Å². The number of benzene rings is 1. The van der Waals surface area contributed by atoms with Gasteiger partial charge in [-0.25, -0.2) is 9.37 Å². The fourth-order valence-electron chi connectivity index (χ4n) is 2.04. The molecule has 3 nitrogen and oxygen atoms in total. The summed E-state index contributed by atoms with van der Waals surface area (Å²) < 4.78 is 15.5. The molecule has 0 unspecified atom stereocenters. The van der Waals surface area contributed by atoms with E-state index < -0.39 is 0 Å². The number of anilines is 1. The highest BCUT2D eigenvalue weighted by molar-refractivity contribution is 7.13. The minimum atomic E-state index is -0.225. The Labute approximate surface area is 120 Å². The topological polar surface area (TPSA) is 29.9 Å². The molecule has 0 saturated heterocycles. The van der Waals surface area contributed by atoms with E-state index in [9.17, 15) is 4.39 Å². The molecule has 2 aromatic heterocycles. The molecule has 2 heterocycles. The Hall–Kier alpha value is -2.14. The normalized spacial score (nSPS) is 10.7. The summed E-state index contributed by atoms with van der Waals surface area (Å²) in [6.45, 7) is 1.39. The lowest BCUT2D eigenvalue weighted by atomic mass is 10.3. The molecule has 1 N–H and O–H groups in total. The quantitative estimate of drug-likeness (QED) is 0.772. The molecule has 3 aromatic rings. The zero-order valence-electron chi connectivity index (χ0n) is 10.8. The summed E-state index contributed by atoms with van der Waals surface area (Å²) in [5.41, 5.74) is 0.533. The number of halogens is 1. The SMILES string of the molecule is Fc1ccccc1NCCn1ccnc1-c1cccs1. The zero-order valence-corrected chi connectivity index (χ0v) is 11.6. The lowest BCUT2D eigenvalue weighted by Gasteiger charge is -2.09. The Bertz CT molecular complexity index is 676. The number of hydrogen-bond donors (Lipinski definition) is 1. The molecule has 0 saturated carbocycles. The van der Waals surface area contributed by atoms with Gasteiger partial charge in [-0.3, -0.25) is 0 Å². The highest BCUT2D eigenvalue weighted by atomic mass is 32.1. The second kappa shape index (κ2) is 5.88. The van der Waals surface area contributed by atoms with Crippen LogP contribution in [0.5, 0.6) is 0 Å². The summed E-state index contributed by atoms with van der Waals surface area (Å²) in [4.78, 5) is 5.51. The van der Waals surface area contributed by atoms with E-state index in [2.05, 4.69) is 14.9 Å². The largest absolute Gasteiger partial charge is 0.381 e. The molecular weight excluding hydrogens is 273 g/mol. The van der Waals surface area contributed by atoms with Crippen LogP contribution >= 0.6 is 11.3 Å². The third-order valence-electron chi connectivity index (χ3n) is 3.00. The molecule has 3 rings (SSSR count). The van der Waals surface area contributed by atoms with Crippen molar-refractivity contribution >= 4 is 17.0 Å². The van der Waals surface area contributed by atoms with E-state index in [4.69, 9.17) is 0 Å². The number of hydrogen-bond acceptors (Lipinski definition) is 3. The summed E-state index contributed by atoms with van der Waals surface area (Å²) in [5, 5.41) is 5.14. The van der Waals surface area contributed by atoms with Crippen LogP contribution in [0.4, 0.5) is 10.1 Å². The van der Waals surface area contributed by atoms with Crippen molar-refractivity contribution in [1.82, 2.24) is 9.55 Å². The first kappa shape index (κ1) is 12.9. The van der Waals surface area contributed by atoms with Crippen molar-refractivity contribution in [2.24, 2.45) is 0 Å². The monoisotopic (exact) mass is 287 g/mol. The van der Waals surface area contributed by atoms with Gasteiger partial charge in [-0.1, -0.05) is 18.2 Å². The van der Waals surface area contributed by atoms with Crippen molar-refractivity contribution in [3.8, 4) is 10.7 Å². The second-order valence-corrected chi connectivity index (χ2v) is 5.28. The number of thiophene rings is 1. The summed E-state index contributed by atoms with van der Waals surface area (Å²) in [6.07, 6.45) is 3.73. The van der Waals surface area contributed by atoms with Crippen LogP contribution in [0.25, 0.3) is 10.7 Å². The number of nitrogens with one attached hydrogen (secondary N) is 1. The van der Waals surface area contributed by atoms with E-state index in [1.165, 1.54) is 6.07 Å². The molecule has 0 atom stereocenters. The molecular formula is C15H14FN3S.